The summed E-state index contributed by atoms with van der Waals surface area (Å²) in [5, 5.41) is 3.39. The Morgan fingerprint density at radius 1 is 1.35 bits per heavy atom. The van der Waals surface area contributed by atoms with Crippen LogP contribution in [0.15, 0.2) is 35.1 Å². The van der Waals surface area contributed by atoms with Crippen molar-refractivity contribution >= 4 is 27.6 Å². The third-order valence-electron chi connectivity index (χ3n) is 3.79. The Morgan fingerprint density at radius 2 is 2.15 bits per heavy atom. The molecule has 5 heteroatoms. The minimum atomic E-state index is 0.568. The van der Waals surface area contributed by atoms with Crippen molar-refractivity contribution in [3.63, 3.8) is 0 Å². The topological polar surface area (TPSA) is 39.1 Å². The first kappa shape index (κ1) is 13.5. The Hall–Kier alpha value is -1.49. The first-order chi connectivity index (χ1) is 9.78. The van der Waals surface area contributed by atoms with E-state index in [-0.39, 0.29) is 0 Å². The van der Waals surface area contributed by atoms with Crippen LogP contribution < -0.4 is 10.1 Å². The molecule has 0 aliphatic heterocycles. The number of rotatable bonds is 4. The van der Waals surface area contributed by atoms with Crippen molar-refractivity contribution in [3.05, 3.63) is 35.1 Å². The average Bonchev–Trinajstić information content (AvgIpc) is 3.09. The van der Waals surface area contributed by atoms with E-state index in [0.717, 1.165) is 21.9 Å². The van der Waals surface area contributed by atoms with E-state index in [1.807, 2.05) is 24.4 Å². The number of aromatic nitrogens is 2. The molecule has 1 aromatic heterocycles. The number of hydrogen-bond donors (Lipinski definition) is 1. The largest absolute Gasteiger partial charge is 0.495 e. The van der Waals surface area contributed by atoms with Gasteiger partial charge in [0.1, 0.15) is 5.75 Å². The summed E-state index contributed by atoms with van der Waals surface area (Å²) in [7, 11) is 1.68. The minimum Gasteiger partial charge on any atom is -0.495 e. The Kier molecular flexibility index (Phi) is 3.96. The fraction of sp³-hybridized carbons (Fsp3) is 0.400. The molecule has 0 unspecified atom stereocenters. The Morgan fingerprint density at radius 3 is 2.90 bits per heavy atom. The molecule has 0 atom stereocenters. The molecule has 1 aliphatic rings. The van der Waals surface area contributed by atoms with Gasteiger partial charge in [0.05, 0.1) is 12.8 Å². The predicted octanol–water partition coefficient (Wildman–Crippen LogP) is 4.51. The average molecular weight is 336 g/mol. The van der Waals surface area contributed by atoms with Gasteiger partial charge in [-0.3, -0.25) is 0 Å². The lowest BCUT2D eigenvalue weighted by atomic mass is 10.2. The summed E-state index contributed by atoms with van der Waals surface area (Å²) in [5.74, 6) is 1.70. The Bertz CT molecular complexity index is 591. The minimum absolute atomic E-state index is 0.568. The Labute approximate surface area is 127 Å². The van der Waals surface area contributed by atoms with Gasteiger partial charge in [-0.1, -0.05) is 28.8 Å². The Balaban J connectivity index is 1.88. The van der Waals surface area contributed by atoms with Crippen molar-refractivity contribution in [2.24, 2.45) is 0 Å². The maximum atomic E-state index is 5.39. The highest BCUT2D eigenvalue weighted by Crippen LogP contribution is 2.34. The molecule has 1 aliphatic carbocycles. The molecule has 0 bridgehead atoms. The molecule has 3 rings (SSSR count). The van der Waals surface area contributed by atoms with Crippen LogP contribution in [0.25, 0.3) is 0 Å². The number of methoxy groups -OCH3 is 1. The van der Waals surface area contributed by atoms with E-state index >= 15 is 0 Å². The summed E-state index contributed by atoms with van der Waals surface area (Å²) in [6.45, 7) is 0. The SMILES string of the molecule is COc1ccc(Br)cc1Nc1nccn1C1CCCC1. The molecular formula is C15H18BrN3O. The zero-order valence-corrected chi connectivity index (χ0v) is 13.1. The lowest BCUT2D eigenvalue weighted by molar-refractivity contribution is 0.416. The first-order valence-electron chi connectivity index (χ1n) is 6.91. The number of halogens is 1. The maximum absolute atomic E-state index is 5.39. The van der Waals surface area contributed by atoms with E-state index in [0.29, 0.717) is 6.04 Å². The van der Waals surface area contributed by atoms with Gasteiger partial charge >= 0.3 is 0 Å². The van der Waals surface area contributed by atoms with Gasteiger partial charge in [0.25, 0.3) is 0 Å². The van der Waals surface area contributed by atoms with Crippen LogP contribution >= 0.6 is 15.9 Å². The predicted molar refractivity (Wildman–Crippen MR) is 83.7 cm³/mol. The summed E-state index contributed by atoms with van der Waals surface area (Å²) in [4.78, 5) is 4.44. The zero-order valence-electron chi connectivity index (χ0n) is 11.5. The summed E-state index contributed by atoms with van der Waals surface area (Å²) in [5.41, 5.74) is 0.923. The van der Waals surface area contributed by atoms with Crippen molar-refractivity contribution in [1.29, 1.82) is 0 Å². The summed E-state index contributed by atoms with van der Waals surface area (Å²) >= 11 is 3.49. The molecule has 0 spiro atoms. The number of benzene rings is 1. The standard InChI is InChI=1S/C15H18BrN3O/c1-20-14-7-6-11(16)10-13(14)18-15-17-8-9-19(15)12-4-2-3-5-12/h6-10,12H,2-5H2,1H3,(H,17,18). The number of ether oxygens (including phenoxy) is 1. The van der Waals surface area contributed by atoms with Crippen LogP contribution in [0.2, 0.25) is 0 Å². The zero-order chi connectivity index (χ0) is 13.9. The van der Waals surface area contributed by atoms with Gasteiger partial charge in [0.2, 0.25) is 5.95 Å². The summed E-state index contributed by atoms with van der Waals surface area (Å²) < 4.78 is 8.65. The highest BCUT2D eigenvalue weighted by atomic mass is 79.9. The van der Waals surface area contributed by atoms with E-state index < -0.39 is 0 Å². The van der Waals surface area contributed by atoms with Crippen LogP contribution in [0.1, 0.15) is 31.7 Å². The number of nitrogens with zero attached hydrogens (tertiary/aromatic N) is 2. The van der Waals surface area contributed by atoms with Crippen molar-refractivity contribution in [3.8, 4) is 5.75 Å². The van der Waals surface area contributed by atoms with Crippen LogP contribution in [0.4, 0.5) is 11.6 Å². The molecule has 1 fully saturated rings. The molecule has 1 N–H and O–H groups in total. The van der Waals surface area contributed by atoms with Gasteiger partial charge in [-0.05, 0) is 31.0 Å². The molecule has 1 heterocycles. The second-order valence-electron chi connectivity index (χ2n) is 5.07. The molecule has 1 saturated carbocycles. The van der Waals surface area contributed by atoms with E-state index in [1.54, 1.807) is 7.11 Å². The fourth-order valence-electron chi connectivity index (χ4n) is 2.79. The number of imidazole rings is 1. The van der Waals surface area contributed by atoms with Crippen LogP contribution in [0.5, 0.6) is 5.75 Å². The van der Waals surface area contributed by atoms with Crippen molar-refractivity contribution < 1.29 is 4.74 Å². The monoisotopic (exact) mass is 335 g/mol. The second kappa shape index (κ2) is 5.87. The van der Waals surface area contributed by atoms with E-state index in [9.17, 15) is 0 Å². The van der Waals surface area contributed by atoms with Crippen molar-refractivity contribution in [2.45, 2.75) is 31.7 Å². The molecule has 0 amide bonds. The quantitative estimate of drug-likeness (QED) is 0.893. The molecule has 2 aromatic rings. The first-order valence-corrected chi connectivity index (χ1v) is 7.70. The van der Waals surface area contributed by atoms with E-state index in [1.165, 1.54) is 25.7 Å². The van der Waals surface area contributed by atoms with Crippen molar-refractivity contribution in [2.75, 3.05) is 12.4 Å². The van der Waals surface area contributed by atoms with E-state index in [2.05, 4.69) is 37.0 Å². The molecule has 0 saturated heterocycles. The molecule has 0 radical (unpaired) electrons. The molecule has 1 aromatic carbocycles. The summed E-state index contributed by atoms with van der Waals surface area (Å²) in [6, 6.07) is 6.48. The fourth-order valence-corrected chi connectivity index (χ4v) is 3.15. The maximum Gasteiger partial charge on any atom is 0.207 e. The third-order valence-corrected chi connectivity index (χ3v) is 4.29. The van der Waals surface area contributed by atoms with Gasteiger partial charge in [0, 0.05) is 22.9 Å². The number of nitrogens with one attached hydrogen (secondary N) is 1. The van der Waals surface area contributed by atoms with Gasteiger partial charge in [-0.2, -0.15) is 0 Å². The highest BCUT2D eigenvalue weighted by molar-refractivity contribution is 9.10. The van der Waals surface area contributed by atoms with Gasteiger partial charge in [0.15, 0.2) is 0 Å². The van der Waals surface area contributed by atoms with Gasteiger partial charge in [-0.15, -0.1) is 0 Å². The van der Waals surface area contributed by atoms with Gasteiger partial charge < -0.3 is 14.6 Å². The summed E-state index contributed by atoms with van der Waals surface area (Å²) in [6.07, 6.45) is 9.00. The highest BCUT2D eigenvalue weighted by Gasteiger charge is 2.19. The van der Waals surface area contributed by atoms with Crippen LogP contribution in [0, 0.1) is 0 Å². The van der Waals surface area contributed by atoms with Crippen molar-refractivity contribution in [1.82, 2.24) is 9.55 Å². The third kappa shape index (κ3) is 2.68. The number of anilines is 2. The lowest BCUT2D eigenvalue weighted by Crippen LogP contribution is -2.08. The van der Waals surface area contributed by atoms with Gasteiger partial charge in [-0.25, -0.2) is 4.98 Å². The molecule has 106 valence electrons. The van der Waals surface area contributed by atoms with Crippen LogP contribution in [-0.2, 0) is 0 Å². The number of hydrogen-bond acceptors (Lipinski definition) is 3. The molecule has 4 nitrogen and oxygen atoms in total. The second-order valence-corrected chi connectivity index (χ2v) is 5.98. The van der Waals surface area contributed by atoms with E-state index in [4.69, 9.17) is 4.74 Å². The van der Waals surface area contributed by atoms with Crippen LogP contribution in [0.3, 0.4) is 0 Å². The molecule has 20 heavy (non-hydrogen) atoms. The molecular weight excluding hydrogens is 318 g/mol. The lowest BCUT2D eigenvalue weighted by Gasteiger charge is -2.17. The smallest absolute Gasteiger partial charge is 0.207 e. The van der Waals surface area contributed by atoms with Crippen LogP contribution in [-0.4, -0.2) is 16.7 Å². The normalized spacial score (nSPS) is 15.5.